The lowest BCUT2D eigenvalue weighted by atomic mass is 9.91. The van der Waals surface area contributed by atoms with E-state index in [0.717, 1.165) is 32.1 Å². The second-order valence-electron chi connectivity index (χ2n) is 7.21. The molecule has 1 aliphatic carbocycles. The summed E-state index contributed by atoms with van der Waals surface area (Å²) in [5.74, 6) is -1.03. The fraction of sp³-hybridized carbons (Fsp3) is 0.684. The third kappa shape index (κ3) is 4.52. The van der Waals surface area contributed by atoms with E-state index in [4.69, 9.17) is 0 Å². The molecule has 2 fully saturated rings. The van der Waals surface area contributed by atoms with Gasteiger partial charge in [0.25, 0.3) is 0 Å². The third-order valence-electron chi connectivity index (χ3n) is 5.45. The maximum atomic E-state index is 13.4. The van der Waals surface area contributed by atoms with Gasteiger partial charge in [0.2, 0.25) is 0 Å². The van der Waals surface area contributed by atoms with Crippen LogP contribution >= 0.6 is 0 Å². The van der Waals surface area contributed by atoms with E-state index in [1.807, 2.05) is 0 Å². The number of rotatable bonds is 5. The van der Waals surface area contributed by atoms with Crippen molar-refractivity contribution in [3.05, 3.63) is 35.4 Å². The van der Waals surface area contributed by atoms with Gasteiger partial charge in [-0.1, -0.05) is 19.3 Å². The molecule has 0 radical (unpaired) electrons. The minimum absolute atomic E-state index is 0.191. The summed E-state index contributed by atoms with van der Waals surface area (Å²) in [4.78, 5) is 4.84. The first-order valence-electron chi connectivity index (χ1n) is 9.19. The summed E-state index contributed by atoms with van der Waals surface area (Å²) in [6, 6.07) is 4.73. The summed E-state index contributed by atoms with van der Waals surface area (Å²) < 4.78 is 26.8. The molecular weight excluding hydrogens is 310 g/mol. The minimum atomic E-state index is -0.516. The molecular formula is C19H28F2N2O. The van der Waals surface area contributed by atoms with Gasteiger partial charge in [0, 0.05) is 50.9 Å². The number of piperazine rings is 1. The van der Waals surface area contributed by atoms with Gasteiger partial charge < -0.3 is 5.11 Å². The van der Waals surface area contributed by atoms with Crippen molar-refractivity contribution in [2.24, 2.45) is 0 Å². The van der Waals surface area contributed by atoms with Crippen LogP contribution in [0.3, 0.4) is 0 Å². The molecule has 3 nitrogen and oxygen atoms in total. The zero-order valence-electron chi connectivity index (χ0n) is 14.3. The Morgan fingerprint density at radius 1 is 1.00 bits per heavy atom. The van der Waals surface area contributed by atoms with Gasteiger partial charge in [0.15, 0.2) is 0 Å². The maximum absolute atomic E-state index is 13.4. The molecule has 134 valence electrons. The Bertz CT molecular complexity index is 514. The fourth-order valence-corrected chi connectivity index (χ4v) is 4.34. The minimum Gasteiger partial charge on any atom is -0.396 e. The van der Waals surface area contributed by atoms with E-state index in [9.17, 15) is 13.9 Å². The Morgan fingerprint density at radius 2 is 1.71 bits per heavy atom. The number of nitrogens with zero attached hydrogens (tertiary/aromatic N) is 2. The Labute approximate surface area is 143 Å². The molecule has 0 spiro atoms. The molecule has 1 aromatic rings. The average molecular weight is 338 g/mol. The predicted molar refractivity (Wildman–Crippen MR) is 90.7 cm³/mol. The molecule has 1 atom stereocenters. The standard InChI is InChI=1S/C19H28F2N2O/c20-16-10-15(11-17(21)12-16)13-22-7-8-23(19(14-22)6-9-24)18-4-2-1-3-5-18/h10-12,18-19,24H,1-9,13-14H2/t19-/m0/s1. The van der Waals surface area contributed by atoms with Crippen molar-refractivity contribution in [1.82, 2.24) is 9.80 Å². The molecule has 2 aliphatic rings. The van der Waals surface area contributed by atoms with Gasteiger partial charge in [0.05, 0.1) is 0 Å². The summed E-state index contributed by atoms with van der Waals surface area (Å²) in [6.07, 6.45) is 7.24. The van der Waals surface area contributed by atoms with Crippen LogP contribution < -0.4 is 0 Å². The highest BCUT2D eigenvalue weighted by Crippen LogP contribution is 2.27. The highest BCUT2D eigenvalue weighted by Gasteiger charge is 2.32. The first-order valence-corrected chi connectivity index (χ1v) is 9.19. The van der Waals surface area contributed by atoms with Crippen LogP contribution in [0.15, 0.2) is 18.2 Å². The number of hydrogen-bond donors (Lipinski definition) is 1. The maximum Gasteiger partial charge on any atom is 0.126 e. The van der Waals surface area contributed by atoms with Crippen LogP contribution in [0.5, 0.6) is 0 Å². The molecule has 0 unspecified atom stereocenters. The smallest absolute Gasteiger partial charge is 0.126 e. The van der Waals surface area contributed by atoms with E-state index in [1.54, 1.807) is 0 Å². The Balaban J connectivity index is 1.63. The number of benzene rings is 1. The molecule has 0 bridgehead atoms. The SMILES string of the molecule is OCC[C@H]1CN(Cc2cc(F)cc(F)c2)CCN1C1CCCCC1. The van der Waals surface area contributed by atoms with Gasteiger partial charge in [-0.2, -0.15) is 0 Å². The number of hydrogen-bond acceptors (Lipinski definition) is 3. The lowest BCUT2D eigenvalue weighted by Gasteiger charge is -2.46. The first-order chi connectivity index (χ1) is 11.7. The van der Waals surface area contributed by atoms with E-state index < -0.39 is 11.6 Å². The molecule has 1 aliphatic heterocycles. The van der Waals surface area contributed by atoms with E-state index in [1.165, 1.54) is 44.2 Å². The largest absolute Gasteiger partial charge is 0.396 e. The Kier molecular flexibility index (Phi) is 6.19. The number of aliphatic hydroxyl groups excluding tert-OH is 1. The Hall–Kier alpha value is -1.04. The summed E-state index contributed by atoms with van der Waals surface area (Å²) in [5.41, 5.74) is 0.682. The summed E-state index contributed by atoms with van der Waals surface area (Å²) in [7, 11) is 0. The van der Waals surface area contributed by atoms with Crippen LogP contribution in [-0.2, 0) is 6.54 Å². The number of aliphatic hydroxyl groups is 1. The van der Waals surface area contributed by atoms with Crippen molar-refractivity contribution in [3.8, 4) is 0 Å². The zero-order valence-corrected chi connectivity index (χ0v) is 14.3. The van der Waals surface area contributed by atoms with Gasteiger partial charge >= 0.3 is 0 Å². The average Bonchev–Trinajstić information content (AvgIpc) is 2.55. The predicted octanol–water partition coefficient (Wildman–Crippen LogP) is 3.17. The fourth-order valence-electron chi connectivity index (χ4n) is 4.34. The molecule has 1 N–H and O–H groups in total. The van der Waals surface area contributed by atoms with Gasteiger partial charge in [-0.3, -0.25) is 9.80 Å². The van der Waals surface area contributed by atoms with Crippen molar-refractivity contribution >= 4 is 0 Å². The van der Waals surface area contributed by atoms with Crippen LogP contribution in [-0.4, -0.2) is 53.2 Å². The van der Waals surface area contributed by atoms with E-state index in [-0.39, 0.29) is 6.61 Å². The van der Waals surface area contributed by atoms with Crippen molar-refractivity contribution in [3.63, 3.8) is 0 Å². The van der Waals surface area contributed by atoms with Crippen LogP contribution in [0.25, 0.3) is 0 Å². The van der Waals surface area contributed by atoms with E-state index in [0.29, 0.717) is 24.2 Å². The van der Waals surface area contributed by atoms with Crippen LogP contribution in [0, 0.1) is 11.6 Å². The van der Waals surface area contributed by atoms with Crippen LogP contribution in [0.4, 0.5) is 8.78 Å². The monoisotopic (exact) mass is 338 g/mol. The molecule has 1 saturated heterocycles. The Morgan fingerprint density at radius 3 is 2.38 bits per heavy atom. The second-order valence-corrected chi connectivity index (χ2v) is 7.21. The van der Waals surface area contributed by atoms with Gasteiger partial charge in [0.1, 0.15) is 11.6 Å². The van der Waals surface area contributed by atoms with Crippen molar-refractivity contribution in [2.75, 3.05) is 26.2 Å². The van der Waals surface area contributed by atoms with Gasteiger partial charge in [-0.25, -0.2) is 8.78 Å². The molecule has 1 saturated carbocycles. The molecule has 3 rings (SSSR count). The lowest BCUT2D eigenvalue weighted by molar-refractivity contribution is 0.0136. The summed E-state index contributed by atoms with van der Waals surface area (Å²) in [5, 5.41) is 9.44. The zero-order chi connectivity index (χ0) is 16.9. The highest BCUT2D eigenvalue weighted by molar-refractivity contribution is 5.18. The van der Waals surface area contributed by atoms with Crippen LogP contribution in [0.2, 0.25) is 0 Å². The summed E-state index contributed by atoms with van der Waals surface area (Å²) >= 11 is 0. The van der Waals surface area contributed by atoms with Gasteiger partial charge in [-0.05, 0) is 37.0 Å². The highest BCUT2D eigenvalue weighted by atomic mass is 19.1. The van der Waals surface area contributed by atoms with E-state index >= 15 is 0 Å². The second kappa shape index (κ2) is 8.37. The number of halogens is 2. The third-order valence-corrected chi connectivity index (χ3v) is 5.45. The molecule has 5 heteroatoms. The molecule has 0 aromatic heterocycles. The normalized spacial score (nSPS) is 24.4. The van der Waals surface area contributed by atoms with Crippen molar-refractivity contribution < 1.29 is 13.9 Å². The topological polar surface area (TPSA) is 26.7 Å². The van der Waals surface area contributed by atoms with Crippen molar-refractivity contribution in [1.29, 1.82) is 0 Å². The lowest BCUT2D eigenvalue weighted by Crippen LogP contribution is -2.56. The molecule has 1 aromatic carbocycles. The first kappa shape index (κ1) is 17.8. The molecule has 24 heavy (non-hydrogen) atoms. The van der Waals surface area contributed by atoms with E-state index in [2.05, 4.69) is 9.80 Å². The van der Waals surface area contributed by atoms with Gasteiger partial charge in [-0.15, -0.1) is 0 Å². The molecule has 1 heterocycles. The summed E-state index contributed by atoms with van der Waals surface area (Å²) in [6.45, 7) is 3.50. The van der Waals surface area contributed by atoms with Crippen molar-refractivity contribution in [2.45, 2.75) is 57.2 Å². The molecule has 0 amide bonds. The quantitative estimate of drug-likeness (QED) is 0.893. The van der Waals surface area contributed by atoms with Crippen LogP contribution in [0.1, 0.15) is 44.1 Å².